The first-order valence-electron chi connectivity index (χ1n) is 18.0. The maximum Gasteiger partial charge on any atom is 0.312 e. The number of aryl methyl sites for hydroxylation is 2. The molecule has 14 nitrogen and oxygen atoms in total. The lowest BCUT2D eigenvalue weighted by atomic mass is 9.81. The second-order valence-electron chi connectivity index (χ2n) is 14.4. The second-order valence-corrected chi connectivity index (χ2v) is 16.4. The van der Waals surface area contributed by atoms with Crippen LogP contribution in [0.5, 0.6) is 5.75 Å². The van der Waals surface area contributed by atoms with Crippen LogP contribution in [0, 0.1) is 12.3 Å². The molecule has 0 amide bonds. The fourth-order valence-electron chi connectivity index (χ4n) is 6.56. The normalized spacial score (nSPS) is 17.0. The maximum atomic E-state index is 12.6. The molecule has 1 aliphatic heterocycles. The molecule has 54 heavy (non-hydrogen) atoms. The average Bonchev–Trinajstić information content (AvgIpc) is 3.76. The van der Waals surface area contributed by atoms with E-state index in [4.69, 9.17) is 14.6 Å². The van der Waals surface area contributed by atoms with Gasteiger partial charge in [-0.05, 0) is 86.9 Å². The summed E-state index contributed by atoms with van der Waals surface area (Å²) < 4.78 is 40.5. The number of aromatic nitrogens is 6. The van der Waals surface area contributed by atoms with E-state index in [1.165, 1.54) is 0 Å². The zero-order valence-electron chi connectivity index (χ0n) is 31.1. The number of carbonyl (C=O) groups is 1. The van der Waals surface area contributed by atoms with Crippen molar-refractivity contribution in [2.24, 2.45) is 5.41 Å². The molecule has 15 heteroatoms. The van der Waals surface area contributed by atoms with E-state index < -0.39 is 28.3 Å². The number of carboxylic acids is 1. The van der Waals surface area contributed by atoms with Crippen LogP contribution in [0.25, 0.3) is 0 Å². The Bertz CT molecular complexity index is 2050. The van der Waals surface area contributed by atoms with Gasteiger partial charge in [-0.3, -0.25) is 13.9 Å². The number of carboxylic acid groups (broad SMARTS) is 1. The minimum absolute atomic E-state index is 0.0237. The second kappa shape index (κ2) is 16.8. The van der Waals surface area contributed by atoms with Crippen LogP contribution in [0.1, 0.15) is 78.9 Å². The van der Waals surface area contributed by atoms with Crippen LogP contribution in [0.15, 0.2) is 84.0 Å². The van der Waals surface area contributed by atoms with Crippen LogP contribution < -0.4 is 4.74 Å². The Balaban J connectivity index is 1.15. The molecule has 3 aromatic carbocycles. The zero-order valence-corrected chi connectivity index (χ0v) is 31.9. The van der Waals surface area contributed by atoms with Crippen LogP contribution in [0.2, 0.25) is 0 Å². The summed E-state index contributed by atoms with van der Waals surface area (Å²) >= 11 is 0. The summed E-state index contributed by atoms with van der Waals surface area (Å²) in [6, 6.07) is 20.7. The van der Waals surface area contributed by atoms with E-state index in [0.29, 0.717) is 35.0 Å². The molecule has 288 valence electrons. The quantitative estimate of drug-likeness (QED) is 0.0830. The van der Waals surface area contributed by atoms with Crippen molar-refractivity contribution in [3.8, 4) is 5.75 Å². The van der Waals surface area contributed by atoms with Gasteiger partial charge in [0.2, 0.25) is 0 Å². The Kier molecular flexibility index (Phi) is 12.2. The van der Waals surface area contributed by atoms with E-state index >= 15 is 0 Å². The summed E-state index contributed by atoms with van der Waals surface area (Å²) in [7, 11) is -3.38. The van der Waals surface area contributed by atoms with E-state index in [-0.39, 0.29) is 32.4 Å². The molecule has 1 aliphatic rings. The van der Waals surface area contributed by atoms with Crippen LogP contribution in [0.3, 0.4) is 0 Å². The van der Waals surface area contributed by atoms with Gasteiger partial charge < -0.3 is 19.7 Å². The van der Waals surface area contributed by atoms with Gasteiger partial charge in [0.15, 0.2) is 0 Å². The van der Waals surface area contributed by atoms with E-state index in [1.807, 2.05) is 56.4 Å². The number of benzene rings is 3. The van der Waals surface area contributed by atoms with Crippen LogP contribution in [-0.4, -0.2) is 78.8 Å². The molecule has 2 aromatic heterocycles. The summed E-state index contributed by atoms with van der Waals surface area (Å²) in [5, 5.41) is 36.4. The number of aliphatic hydroxyl groups excluding tert-OH is 1. The number of ether oxygens (including phenoxy) is 2. The van der Waals surface area contributed by atoms with E-state index in [0.717, 1.165) is 47.2 Å². The van der Waals surface area contributed by atoms with Crippen molar-refractivity contribution in [3.63, 3.8) is 0 Å². The average molecular weight is 760 g/mol. The predicted molar refractivity (Wildman–Crippen MR) is 203 cm³/mol. The number of aliphatic hydroxyl groups is 1. The Labute approximate surface area is 316 Å². The highest BCUT2D eigenvalue weighted by atomic mass is 32.3. The third kappa shape index (κ3) is 9.17. The van der Waals surface area contributed by atoms with Gasteiger partial charge in [-0.2, -0.15) is 4.31 Å². The first kappa shape index (κ1) is 39.1. The third-order valence-electron chi connectivity index (χ3n) is 9.61. The van der Waals surface area contributed by atoms with Crippen molar-refractivity contribution < 1.29 is 33.6 Å². The Morgan fingerprint density at radius 2 is 1.63 bits per heavy atom. The minimum atomic E-state index is -3.38. The molecule has 6 rings (SSSR count). The van der Waals surface area contributed by atoms with Crippen molar-refractivity contribution in [2.45, 2.75) is 90.3 Å². The number of aliphatic carboxylic acids is 1. The summed E-state index contributed by atoms with van der Waals surface area (Å²) in [5.74, 6) is -0.574. The number of unbranched alkanes of at least 4 members (excludes halogenated alkanes) is 1. The third-order valence-corrected chi connectivity index (χ3v) is 11.5. The number of hydrogen-bond donors (Lipinski definition) is 4. The molecular formula is C39H49N7O7S. The SMILES string of the molecule is Cc1ccc(C(OCc2cn(Cc3cccc(Cn4cc(CCCCO)nn4)c3)nn2)C(C)(C)C(=O)O)cc1CN1CC(C)Oc2ccccc2S1(O)O. The Morgan fingerprint density at radius 1 is 0.944 bits per heavy atom. The van der Waals surface area contributed by atoms with Crippen molar-refractivity contribution in [1.82, 2.24) is 34.3 Å². The standard InChI is InChI=1S/C39H49N7O7S/c1-27-15-16-31(19-32(27)23-46-20-28(2)53-35-13-5-6-14-36(35)54(46,50)51)37(39(3,4)38(48)49)52-26-34-25-45(43-41-34)22-30-11-9-10-29(18-30)21-44-24-33(40-42-44)12-7-8-17-47/h5-6,9-11,13-16,18-19,24-25,28,37,47,50-51H,7-8,12,17,20-23,26H2,1-4H3,(H,48,49). The Morgan fingerprint density at radius 3 is 2.33 bits per heavy atom. The highest BCUT2D eigenvalue weighted by Gasteiger charge is 2.40. The number of para-hydroxylation sites is 1. The summed E-state index contributed by atoms with van der Waals surface area (Å²) in [6.45, 7) is 8.79. The molecule has 4 N–H and O–H groups in total. The monoisotopic (exact) mass is 759 g/mol. The lowest BCUT2D eigenvalue weighted by Crippen LogP contribution is -2.34. The lowest BCUT2D eigenvalue weighted by Gasteiger charge is -2.42. The molecule has 2 unspecified atom stereocenters. The number of hydrogen-bond acceptors (Lipinski definition) is 11. The first-order valence-corrected chi connectivity index (χ1v) is 19.5. The van der Waals surface area contributed by atoms with Crippen LogP contribution in [0.4, 0.5) is 0 Å². The van der Waals surface area contributed by atoms with Crippen molar-refractivity contribution in [2.75, 3.05) is 13.2 Å². The van der Waals surface area contributed by atoms with Crippen molar-refractivity contribution >= 4 is 16.7 Å². The zero-order chi connectivity index (χ0) is 38.5. The highest BCUT2D eigenvalue weighted by Crippen LogP contribution is 2.57. The molecule has 0 fully saturated rings. The van der Waals surface area contributed by atoms with Gasteiger partial charge in [0.25, 0.3) is 0 Å². The van der Waals surface area contributed by atoms with E-state index in [2.05, 4.69) is 26.7 Å². The van der Waals surface area contributed by atoms with Gasteiger partial charge in [0.1, 0.15) is 22.4 Å². The van der Waals surface area contributed by atoms with Gasteiger partial charge in [-0.15, -0.1) is 21.0 Å². The Hall–Kier alpha value is -4.64. The smallest absolute Gasteiger partial charge is 0.312 e. The topological polar surface area (TPSA) is 181 Å². The molecule has 0 saturated heterocycles. The summed E-state index contributed by atoms with van der Waals surface area (Å²) in [5.41, 5.74) is 4.59. The maximum absolute atomic E-state index is 12.6. The summed E-state index contributed by atoms with van der Waals surface area (Å²) in [4.78, 5) is 12.9. The molecule has 0 bridgehead atoms. The minimum Gasteiger partial charge on any atom is -0.487 e. The molecule has 3 heterocycles. The highest BCUT2D eigenvalue weighted by molar-refractivity contribution is 8.22. The van der Waals surface area contributed by atoms with Crippen molar-refractivity contribution in [1.29, 1.82) is 0 Å². The van der Waals surface area contributed by atoms with Crippen LogP contribution in [-0.2, 0) is 42.2 Å². The predicted octanol–water partition coefficient (Wildman–Crippen LogP) is 6.27. The number of fused-ring (bicyclic) bond motifs is 1. The van der Waals surface area contributed by atoms with Gasteiger partial charge >= 0.3 is 5.97 Å². The molecular weight excluding hydrogens is 711 g/mol. The van der Waals surface area contributed by atoms with E-state index in [1.54, 1.807) is 58.0 Å². The van der Waals surface area contributed by atoms with Gasteiger partial charge in [0.05, 0.1) is 49.7 Å². The molecule has 0 aliphatic carbocycles. The molecule has 5 aromatic rings. The lowest BCUT2D eigenvalue weighted by molar-refractivity contribution is -0.158. The largest absolute Gasteiger partial charge is 0.487 e. The van der Waals surface area contributed by atoms with Gasteiger partial charge in [-0.25, -0.2) is 9.36 Å². The van der Waals surface area contributed by atoms with Gasteiger partial charge in [-0.1, -0.05) is 65.0 Å². The first-order chi connectivity index (χ1) is 25.8. The number of rotatable bonds is 16. The molecule has 0 spiro atoms. The van der Waals surface area contributed by atoms with E-state index in [9.17, 15) is 19.0 Å². The van der Waals surface area contributed by atoms with Crippen molar-refractivity contribution in [3.05, 3.63) is 118 Å². The fraction of sp³-hybridized carbons (Fsp3) is 0.410. The number of nitrogens with zero attached hydrogens (tertiary/aromatic N) is 7. The van der Waals surface area contributed by atoms with Gasteiger partial charge in [0, 0.05) is 19.3 Å². The fourth-order valence-corrected chi connectivity index (χ4v) is 8.22. The molecule has 0 radical (unpaired) electrons. The molecule has 0 saturated carbocycles. The van der Waals surface area contributed by atoms with Crippen LogP contribution >= 0.6 is 10.8 Å². The summed E-state index contributed by atoms with van der Waals surface area (Å²) in [6.07, 6.45) is 4.94. The molecule has 2 atom stereocenters.